The van der Waals surface area contributed by atoms with E-state index in [0.29, 0.717) is 6.54 Å². The van der Waals surface area contributed by atoms with Crippen molar-refractivity contribution >= 4 is 5.91 Å². The van der Waals surface area contributed by atoms with Crippen LogP contribution in [0.2, 0.25) is 0 Å². The van der Waals surface area contributed by atoms with Crippen molar-refractivity contribution in [3.8, 4) is 0 Å². The lowest BCUT2D eigenvalue weighted by Crippen LogP contribution is -2.45. The summed E-state index contributed by atoms with van der Waals surface area (Å²) < 4.78 is 4.11. The van der Waals surface area contributed by atoms with E-state index in [1.165, 1.54) is 0 Å². The number of hydrogen-bond acceptors (Lipinski definition) is 3. The summed E-state index contributed by atoms with van der Waals surface area (Å²) in [5.74, 6) is 0.0921. The maximum atomic E-state index is 12.8. The normalized spacial score (nSPS) is 17.6. The van der Waals surface area contributed by atoms with Crippen molar-refractivity contribution in [2.75, 3.05) is 26.2 Å². The molecule has 0 saturated carbocycles. The molecule has 0 radical (unpaired) electrons. The van der Waals surface area contributed by atoms with Gasteiger partial charge in [-0.25, -0.2) is 4.98 Å². The summed E-state index contributed by atoms with van der Waals surface area (Å²) >= 11 is 0. The molecule has 0 saturated heterocycles. The molecule has 0 N–H and O–H groups in total. The number of likely N-dealkylation sites (N-methyl/N-ethyl adjacent to an activating group) is 1. The fourth-order valence-electron chi connectivity index (χ4n) is 3.31. The topological polar surface area (TPSA) is 46.3 Å². The van der Waals surface area contributed by atoms with E-state index in [1.807, 2.05) is 47.4 Å². The van der Waals surface area contributed by atoms with Crippen molar-refractivity contribution in [2.24, 2.45) is 7.05 Å². The van der Waals surface area contributed by atoms with Gasteiger partial charge in [0.05, 0.1) is 24.6 Å². The summed E-state index contributed by atoms with van der Waals surface area (Å²) in [6.07, 6.45) is 5.68. The van der Waals surface area contributed by atoms with Gasteiger partial charge in [0, 0.05) is 32.5 Å². The number of nitrogens with zero attached hydrogens (tertiary/aromatic N) is 5. The quantitative estimate of drug-likeness (QED) is 0.845. The smallest absolute Gasteiger partial charge is 0.270 e. The molecule has 3 heterocycles. The summed E-state index contributed by atoms with van der Waals surface area (Å²) in [6.45, 7) is 8.67. The Morgan fingerprint density at radius 1 is 1.39 bits per heavy atom. The molecule has 1 amide bonds. The third kappa shape index (κ3) is 3.03. The Bertz CT molecular complexity index is 670. The highest BCUT2D eigenvalue weighted by Gasteiger charge is 2.30. The summed E-state index contributed by atoms with van der Waals surface area (Å²) in [7, 11) is 1.91. The van der Waals surface area contributed by atoms with E-state index in [1.54, 1.807) is 0 Å². The van der Waals surface area contributed by atoms with Crippen molar-refractivity contribution in [1.29, 1.82) is 0 Å². The maximum absolute atomic E-state index is 12.8. The first-order chi connectivity index (χ1) is 11.1. The average molecular weight is 315 g/mol. The standard InChI is InChI=1S/C17H25N5O/c1-4-20(5-2)10-15-12-21(11-14-9-18-13-22(14)15)17(23)16-7-6-8-19(16)3/h6-9,13,15H,4-5,10-12H2,1-3H3/t15-/m1/s1. The molecule has 1 aliphatic rings. The van der Waals surface area contributed by atoms with Crippen LogP contribution in [0.15, 0.2) is 30.9 Å². The predicted octanol–water partition coefficient (Wildman–Crippen LogP) is 1.76. The molecule has 3 rings (SSSR count). The number of aromatic nitrogens is 3. The highest BCUT2D eigenvalue weighted by molar-refractivity contribution is 5.92. The zero-order chi connectivity index (χ0) is 16.4. The number of rotatable bonds is 5. The lowest BCUT2D eigenvalue weighted by Gasteiger charge is -2.36. The predicted molar refractivity (Wildman–Crippen MR) is 89.2 cm³/mol. The van der Waals surface area contributed by atoms with Gasteiger partial charge in [-0.1, -0.05) is 13.8 Å². The first kappa shape index (κ1) is 15.8. The SMILES string of the molecule is CCN(CC)C[C@@H]1CN(C(=O)c2cccn2C)Cc2cncn21. The molecule has 1 aliphatic heterocycles. The van der Waals surface area contributed by atoms with E-state index < -0.39 is 0 Å². The molecule has 6 nitrogen and oxygen atoms in total. The Kier molecular flexibility index (Phi) is 4.52. The van der Waals surface area contributed by atoms with E-state index >= 15 is 0 Å². The zero-order valence-corrected chi connectivity index (χ0v) is 14.1. The lowest BCUT2D eigenvalue weighted by atomic mass is 10.1. The van der Waals surface area contributed by atoms with Crippen LogP contribution in [-0.4, -0.2) is 56.0 Å². The molecule has 0 unspecified atom stereocenters. The largest absolute Gasteiger partial charge is 0.347 e. The van der Waals surface area contributed by atoms with Crippen LogP contribution in [-0.2, 0) is 13.6 Å². The van der Waals surface area contributed by atoms with Crippen LogP contribution in [0.4, 0.5) is 0 Å². The van der Waals surface area contributed by atoms with E-state index in [0.717, 1.165) is 37.6 Å². The molecule has 124 valence electrons. The van der Waals surface area contributed by atoms with Crippen LogP contribution < -0.4 is 0 Å². The van der Waals surface area contributed by atoms with E-state index in [-0.39, 0.29) is 11.9 Å². The monoisotopic (exact) mass is 315 g/mol. The molecule has 0 bridgehead atoms. The second-order valence-electron chi connectivity index (χ2n) is 6.12. The molecule has 0 aliphatic carbocycles. The maximum Gasteiger partial charge on any atom is 0.270 e. The molecule has 2 aromatic rings. The Balaban J connectivity index is 1.83. The van der Waals surface area contributed by atoms with Crippen molar-refractivity contribution < 1.29 is 4.79 Å². The van der Waals surface area contributed by atoms with Gasteiger partial charge in [-0.2, -0.15) is 0 Å². The van der Waals surface area contributed by atoms with Gasteiger partial charge < -0.3 is 18.9 Å². The van der Waals surface area contributed by atoms with Gasteiger partial charge in [-0.15, -0.1) is 0 Å². The van der Waals surface area contributed by atoms with Gasteiger partial charge in [-0.3, -0.25) is 4.79 Å². The Labute approximate surface area is 137 Å². The first-order valence-electron chi connectivity index (χ1n) is 8.27. The summed E-state index contributed by atoms with van der Waals surface area (Å²) in [4.78, 5) is 21.5. The van der Waals surface area contributed by atoms with Gasteiger partial charge in [0.2, 0.25) is 0 Å². The molecular formula is C17H25N5O. The third-order valence-electron chi connectivity index (χ3n) is 4.74. The average Bonchev–Trinajstić information content (AvgIpc) is 3.20. The minimum atomic E-state index is 0.0921. The minimum absolute atomic E-state index is 0.0921. The molecule has 6 heteroatoms. The number of carbonyl (C=O) groups is 1. The number of imidazole rings is 1. The highest BCUT2D eigenvalue weighted by Crippen LogP contribution is 2.23. The fraction of sp³-hybridized carbons (Fsp3) is 0.529. The molecule has 0 aromatic carbocycles. The lowest BCUT2D eigenvalue weighted by molar-refractivity contribution is 0.0645. The van der Waals surface area contributed by atoms with Gasteiger partial charge >= 0.3 is 0 Å². The molecule has 1 atom stereocenters. The number of carbonyl (C=O) groups excluding carboxylic acids is 1. The van der Waals surface area contributed by atoms with Crippen LogP contribution in [0.5, 0.6) is 0 Å². The van der Waals surface area contributed by atoms with Crippen LogP contribution in [0.25, 0.3) is 0 Å². The number of amides is 1. The van der Waals surface area contributed by atoms with Crippen LogP contribution in [0, 0.1) is 0 Å². The van der Waals surface area contributed by atoms with E-state index in [9.17, 15) is 4.79 Å². The van der Waals surface area contributed by atoms with Crippen LogP contribution in [0.3, 0.4) is 0 Å². The summed E-state index contributed by atoms with van der Waals surface area (Å²) in [5, 5.41) is 0. The van der Waals surface area contributed by atoms with Crippen LogP contribution >= 0.6 is 0 Å². The molecule has 2 aromatic heterocycles. The van der Waals surface area contributed by atoms with Gasteiger partial charge in [0.25, 0.3) is 5.91 Å². The highest BCUT2D eigenvalue weighted by atomic mass is 16.2. The second kappa shape index (κ2) is 6.58. The van der Waals surface area contributed by atoms with Crippen molar-refractivity contribution in [3.63, 3.8) is 0 Å². The summed E-state index contributed by atoms with van der Waals surface area (Å²) in [5.41, 5.74) is 1.84. The van der Waals surface area contributed by atoms with Crippen molar-refractivity contribution in [1.82, 2.24) is 23.9 Å². The van der Waals surface area contributed by atoms with E-state index in [2.05, 4.69) is 28.3 Å². The third-order valence-corrected chi connectivity index (χ3v) is 4.74. The zero-order valence-electron chi connectivity index (χ0n) is 14.1. The van der Waals surface area contributed by atoms with E-state index in [4.69, 9.17) is 0 Å². The van der Waals surface area contributed by atoms with Crippen molar-refractivity contribution in [3.05, 3.63) is 42.2 Å². The number of hydrogen-bond donors (Lipinski definition) is 0. The fourth-order valence-corrected chi connectivity index (χ4v) is 3.31. The number of aryl methyl sites for hydroxylation is 1. The van der Waals surface area contributed by atoms with Gasteiger partial charge in [0.15, 0.2) is 0 Å². The minimum Gasteiger partial charge on any atom is -0.347 e. The van der Waals surface area contributed by atoms with Crippen LogP contribution in [0.1, 0.15) is 36.1 Å². The number of fused-ring (bicyclic) bond motifs is 1. The Morgan fingerprint density at radius 3 is 2.83 bits per heavy atom. The Morgan fingerprint density at radius 2 is 2.17 bits per heavy atom. The van der Waals surface area contributed by atoms with Gasteiger partial charge in [0.1, 0.15) is 5.69 Å². The molecule has 0 spiro atoms. The molecule has 0 fully saturated rings. The van der Waals surface area contributed by atoms with Gasteiger partial charge in [-0.05, 0) is 25.2 Å². The Hall–Kier alpha value is -2.08. The molecular weight excluding hydrogens is 290 g/mol. The van der Waals surface area contributed by atoms with Crippen molar-refractivity contribution in [2.45, 2.75) is 26.4 Å². The second-order valence-corrected chi connectivity index (χ2v) is 6.12. The first-order valence-corrected chi connectivity index (χ1v) is 8.27. The summed E-state index contributed by atoms with van der Waals surface area (Å²) in [6, 6.07) is 4.05. The molecule has 23 heavy (non-hydrogen) atoms.